The highest BCUT2D eigenvalue weighted by Gasteiger charge is 2.42. The van der Waals surface area contributed by atoms with Gasteiger partial charge in [-0.25, -0.2) is 0 Å². The second-order valence-corrected chi connectivity index (χ2v) is 11.6. The number of rotatable bonds is 8. The van der Waals surface area contributed by atoms with Crippen LogP contribution in [0.2, 0.25) is 0 Å². The van der Waals surface area contributed by atoms with E-state index in [0.29, 0.717) is 12.3 Å². The summed E-state index contributed by atoms with van der Waals surface area (Å²) in [6.07, 6.45) is 13.5. The summed E-state index contributed by atoms with van der Waals surface area (Å²) in [4.78, 5) is 27.8. The van der Waals surface area contributed by atoms with Crippen LogP contribution in [0, 0.1) is 0 Å². The zero-order valence-corrected chi connectivity index (χ0v) is 21.7. The molecule has 2 atom stereocenters. The molecule has 0 spiro atoms. The molecular formula is C26H35BrN2O3S. The molecule has 2 saturated carbocycles. The van der Waals surface area contributed by atoms with Crippen LogP contribution in [0.5, 0.6) is 0 Å². The summed E-state index contributed by atoms with van der Waals surface area (Å²) in [5.41, 5.74) is 0.898. The van der Waals surface area contributed by atoms with Gasteiger partial charge in [0, 0.05) is 16.3 Å². The van der Waals surface area contributed by atoms with Gasteiger partial charge in [-0.2, -0.15) is 11.8 Å². The Bertz CT molecular complexity index is 856. The molecule has 7 heteroatoms. The van der Waals surface area contributed by atoms with E-state index in [0.717, 1.165) is 53.1 Å². The number of fused-ring (bicyclic) bond motifs is 1. The molecule has 2 unspecified atom stereocenters. The Kier molecular flexibility index (Phi) is 9.18. The molecule has 1 aromatic rings. The molecular weight excluding hydrogens is 500 g/mol. The van der Waals surface area contributed by atoms with E-state index >= 15 is 0 Å². The van der Waals surface area contributed by atoms with E-state index in [4.69, 9.17) is 4.74 Å². The third kappa shape index (κ3) is 6.78. The van der Waals surface area contributed by atoms with E-state index in [2.05, 4.69) is 33.0 Å². The molecule has 5 nitrogen and oxygen atoms in total. The van der Waals surface area contributed by atoms with Gasteiger partial charge in [0.15, 0.2) is 5.76 Å². The number of nitrogens with zero attached hydrogens (tertiary/aromatic N) is 1. The highest BCUT2D eigenvalue weighted by Crippen LogP contribution is 2.34. The number of carbonyl (C=O) groups is 2. The molecule has 0 radical (unpaired) electrons. The fourth-order valence-electron chi connectivity index (χ4n) is 5.09. The largest absolute Gasteiger partial charge is 0.482 e. The lowest BCUT2D eigenvalue weighted by Crippen LogP contribution is -2.57. The van der Waals surface area contributed by atoms with Gasteiger partial charge in [0.1, 0.15) is 12.6 Å². The molecule has 3 fully saturated rings. The van der Waals surface area contributed by atoms with Gasteiger partial charge < -0.3 is 15.0 Å². The Balaban J connectivity index is 1.32. The zero-order valence-electron chi connectivity index (χ0n) is 19.3. The van der Waals surface area contributed by atoms with Gasteiger partial charge in [0.25, 0.3) is 5.91 Å². The van der Waals surface area contributed by atoms with Crippen LogP contribution >= 0.6 is 27.7 Å². The predicted molar refractivity (Wildman–Crippen MR) is 138 cm³/mol. The average Bonchev–Trinajstić information content (AvgIpc) is 2.83. The monoisotopic (exact) mass is 534 g/mol. The summed E-state index contributed by atoms with van der Waals surface area (Å²) < 4.78 is 7.07. The van der Waals surface area contributed by atoms with E-state index in [1.807, 2.05) is 24.3 Å². The summed E-state index contributed by atoms with van der Waals surface area (Å²) in [7, 11) is 0. The van der Waals surface area contributed by atoms with Crippen molar-refractivity contribution in [1.82, 2.24) is 10.2 Å². The topological polar surface area (TPSA) is 58.6 Å². The fourth-order valence-corrected chi connectivity index (χ4v) is 6.80. The summed E-state index contributed by atoms with van der Waals surface area (Å²) in [6, 6.07) is 7.75. The fraction of sp³-hybridized carbons (Fsp3) is 0.615. The maximum Gasteiger partial charge on any atom is 0.289 e. The Morgan fingerprint density at radius 2 is 1.88 bits per heavy atom. The number of thioether (sulfide) groups is 1. The van der Waals surface area contributed by atoms with E-state index in [1.54, 1.807) is 11.0 Å². The standard InChI is InChI=1S/C26H35BrN2O3S/c27-21-12-5-4-9-19(21)17-24-26(31)29(22-13-6-7-14-23(22)32-24)18-25(30)28-15-8-16-33-20-10-2-1-3-11-20/h4-5,9,12,17,20,22-23H,1-3,6-8,10-11,13-16,18H2,(H,28,30)/b24-17+. The summed E-state index contributed by atoms with van der Waals surface area (Å²) in [5, 5.41) is 3.85. The SMILES string of the molecule is O=C(CN1C(=O)/C(=C\c2ccccc2Br)OC2CCCCC21)NCCCSC1CCCCC1. The van der Waals surface area contributed by atoms with Crippen LogP contribution in [-0.4, -0.2) is 53.0 Å². The molecule has 1 aliphatic heterocycles. The van der Waals surface area contributed by atoms with Gasteiger partial charge in [0.05, 0.1) is 6.04 Å². The highest BCUT2D eigenvalue weighted by atomic mass is 79.9. The quantitative estimate of drug-likeness (QED) is 0.351. The minimum absolute atomic E-state index is 0.0183. The highest BCUT2D eigenvalue weighted by molar-refractivity contribution is 9.10. The lowest BCUT2D eigenvalue weighted by molar-refractivity contribution is -0.151. The Labute approximate surface area is 210 Å². The van der Waals surface area contributed by atoms with Crippen molar-refractivity contribution >= 4 is 45.6 Å². The van der Waals surface area contributed by atoms with E-state index in [1.165, 1.54) is 32.1 Å². The zero-order chi connectivity index (χ0) is 23.0. The summed E-state index contributed by atoms with van der Waals surface area (Å²) >= 11 is 5.60. The maximum atomic E-state index is 13.3. The van der Waals surface area contributed by atoms with Crippen molar-refractivity contribution in [3.63, 3.8) is 0 Å². The van der Waals surface area contributed by atoms with Gasteiger partial charge in [-0.05, 0) is 62.0 Å². The summed E-state index contributed by atoms with van der Waals surface area (Å²) in [6.45, 7) is 0.775. The number of ether oxygens (including phenoxy) is 1. The minimum Gasteiger partial charge on any atom is -0.482 e. The van der Waals surface area contributed by atoms with Crippen LogP contribution in [0.3, 0.4) is 0 Å². The van der Waals surface area contributed by atoms with Gasteiger partial charge in [-0.3, -0.25) is 9.59 Å². The van der Waals surface area contributed by atoms with Crippen LogP contribution in [-0.2, 0) is 14.3 Å². The van der Waals surface area contributed by atoms with Crippen molar-refractivity contribution in [2.45, 2.75) is 81.6 Å². The number of carbonyl (C=O) groups excluding carboxylic acids is 2. The van der Waals surface area contributed by atoms with Crippen LogP contribution in [0.4, 0.5) is 0 Å². The predicted octanol–water partition coefficient (Wildman–Crippen LogP) is 5.53. The van der Waals surface area contributed by atoms with Gasteiger partial charge >= 0.3 is 0 Å². The van der Waals surface area contributed by atoms with Crippen molar-refractivity contribution in [2.24, 2.45) is 0 Å². The second kappa shape index (κ2) is 12.3. The van der Waals surface area contributed by atoms with Crippen molar-refractivity contribution < 1.29 is 14.3 Å². The van der Waals surface area contributed by atoms with E-state index in [-0.39, 0.29) is 30.5 Å². The first-order chi connectivity index (χ1) is 16.1. The summed E-state index contributed by atoms with van der Waals surface area (Å²) in [5.74, 6) is 1.17. The van der Waals surface area contributed by atoms with Crippen LogP contribution in [0.25, 0.3) is 6.08 Å². The van der Waals surface area contributed by atoms with Crippen LogP contribution in [0.15, 0.2) is 34.5 Å². The van der Waals surface area contributed by atoms with E-state index in [9.17, 15) is 9.59 Å². The van der Waals surface area contributed by atoms with Crippen molar-refractivity contribution in [1.29, 1.82) is 0 Å². The molecule has 0 bridgehead atoms. The Morgan fingerprint density at radius 3 is 2.70 bits per heavy atom. The molecule has 4 rings (SSSR count). The molecule has 180 valence electrons. The number of morpholine rings is 1. The molecule has 0 aromatic heterocycles. The minimum atomic E-state index is -0.183. The number of amides is 2. The normalized spacial score (nSPS) is 24.9. The number of halogens is 1. The Hall–Kier alpha value is -1.47. The van der Waals surface area contributed by atoms with Crippen LogP contribution in [0.1, 0.15) is 69.8 Å². The molecule has 3 aliphatic rings. The van der Waals surface area contributed by atoms with Crippen LogP contribution < -0.4 is 5.32 Å². The first-order valence-corrected chi connectivity index (χ1v) is 14.3. The van der Waals surface area contributed by atoms with Gasteiger partial charge in [-0.15, -0.1) is 0 Å². The number of hydrogen-bond donors (Lipinski definition) is 1. The molecule has 1 N–H and O–H groups in total. The number of nitrogens with one attached hydrogen (secondary N) is 1. The third-order valence-corrected chi connectivity index (χ3v) is 9.06. The molecule has 1 heterocycles. The maximum absolute atomic E-state index is 13.3. The van der Waals surface area contributed by atoms with Gasteiger partial charge in [0.2, 0.25) is 5.91 Å². The van der Waals surface area contributed by atoms with Crippen molar-refractivity contribution in [2.75, 3.05) is 18.8 Å². The first kappa shape index (κ1) is 24.6. The lowest BCUT2D eigenvalue weighted by atomic mass is 9.89. The molecule has 2 aliphatic carbocycles. The van der Waals surface area contributed by atoms with Gasteiger partial charge in [-0.1, -0.05) is 59.8 Å². The second-order valence-electron chi connectivity index (χ2n) is 9.31. The third-order valence-electron chi connectivity index (χ3n) is 6.87. The average molecular weight is 536 g/mol. The molecule has 1 aromatic carbocycles. The van der Waals surface area contributed by atoms with Crippen molar-refractivity contribution in [3.8, 4) is 0 Å². The molecule has 33 heavy (non-hydrogen) atoms. The lowest BCUT2D eigenvalue weighted by Gasteiger charge is -2.44. The smallest absolute Gasteiger partial charge is 0.289 e. The molecule has 1 saturated heterocycles. The van der Waals surface area contributed by atoms with E-state index < -0.39 is 0 Å². The Morgan fingerprint density at radius 1 is 1.12 bits per heavy atom. The van der Waals surface area contributed by atoms with Crippen molar-refractivity contribution in [3.05, 3.63) is 40.1 Å². The number of benzene rings is 1. The molecule has 2 amide bonds. The first-order valence-electron chi connectivity index (χ1n) is 12.4. The number of hydrogen-bond acceptors (Lipinski definition) is 4.